The second kappa shape index (κ2) is 8.92. The van der Waals surface area contributed by atoms with E-state index in [9.17, 15) is 4.79 Å². The highest BCUT2D eigenvalue weighted by Crippen LogP contribution is 2.27. The van der Waals surface area contributed by atoms with Gasteiger partial charge in [0.05, 0.1) is 23.9 Å². The summed E-state index contributed by atoms with van der Waals surface area (Å²) in [6.45, 7) is 4.36. The van der Waals surface area contributed by atoms with Crippen molar-refractivity contribution in [2.24, 2.45) is 0 Å². The number of halogens is 1. The zero-order chi connectivity index (χ0) is 21.1. The van der Waals surface area contributed by atoms with Gasteiger partial charge in [-0.25, -0.2) is 4.68 Å². The van der Waals surface area contributed by atoms with Gasteiger partial charge >= 0.3 is 0 Å². The largest absolute Gasteiger partial charge is 0.490 e. The van der Waals surface area contributed by atoms with E-state index in [-0.39, 0.29) is 12.0 Å². The number of nitrogens with one attached hydrogen (secondary N) is 1. The molecule has 1 fully saturated rings. The van der Waals surface area contributed by atoms with Crippen LogP contribution in [0.4, 0.5) is 5.69 Å². The number of rotatable bonds is 6. The van der Waals surface area contributed by atoms with Crippen molar-refractivity contribution in [1.29, 1.82) is 0 Å². The lowest BCUT2D eigenvalue weighted by Crippen LogP contribution is -2.14. The van der Waals surface area contributed by atoms with Crippen molar-refractivity contribution < 1.29 is 9.53 Å². The van der Waals surface area contributed by atoms with Gasteiger partial charge in [-0.05, 0) is 57.2 Å². The number of anilines is 1. The highest BCUT2D eigenvalue weighted by atomic mass is 35.5. The molecule has 1 aromatic heterocycles. The normalized spacial score (nSPS) is 14.1. The van der Waals surface area contributed by atoms with Crippen LogP contribution in [-0.2, 0) is 6.54 Å². The Labute approximate surface area is 182 Å². The number of benzene rings is 2. The van der Waals surface area contributed by atoms with Crippen LogP contribution >= 0.6 is 11.6 Å². The van der Waals surface area contributed by atoms with Crippen molar-refractivity contribution in [3.63, 3.8) is 0 Å². The fourth-order valence-corrected chi connectivity index (χ4v) is 4.14. The van der Waals surface area contributed by atoms with E-state index in [1.165, 1.54) is 18.4 Å². The molecule has 0 spiro atoms. The molecule has 30 heavy (non-hydrogen) atoms. The van der Waals surface area contributed by atoms with Crippen LogP contribution in [0.2, 0.25) is 5.15 Å². The van der Waals surface area contributed by atoms with E-state index in [4.69, 9.17) is 16.3 Å². The van der Waals surface area contributed by atoms with Crippen molar-refractivity contribution in [2.75, 3.05) is 5.32 Å². The number of aromatic nitrogens is 2. The summed E-state index contributed by atoms with van der Waals surface area (Å²) in [7, 11) is 0. The first-order chi connectivity index (χ1) is 14.5. The van der Waals surface area contributed by atoms with E-state index in [1.54, 1.807) is 11.6 Å². The van der Waals surface area contributed by atoms with Crippen molar-refractivity contribution in [3.05, 3.63) is 76.1 Å². The summed E-state index contributed by atoms with van der Waals surface area (Å²) in [5, 5.41) is 7.75. The Hall–Kier alpha value is -2.79. The maximum atomic E-state index is 12.9. The van der Waals surface area contributed by atoms with Gasteiger partial charge in [0, 0.05) is 11.8 Å². The van der Waals surface area contributed by atoms with E-state index in [1.807, 2.05) is 55.5 Å². The SMILES string of the molecule is Cc1ccc(Cn2nc(C)c(C(=O)Nc3cccc(OC4CCCC4)c3)c2Cl)cc1. The Bertz CT molecular complexity index is 1040. The molecule has 5 nitrogen and oxygen atoms in total. The number of hydrogen-bond acceptors (Lipinski definition) is 3. The fraction of sp³-hybridized carbons (Fsp3) is 0.333. The van der Waals surface area contributed by atoms with Crippen LogP contribution < -0.4 is 10.1 Å². The minimum Gasteiger partial charge on any atom is -0.490 e. The molecule has 3 aromatic rings. The molecule has 1 saturated carbocycles. The zero-order valence-corrected chi connectivity index (χ0v) is 18.1. The second-order valence-corrected chi connectivity index (χ2v) is 8.26. The average Bonchev–Trinajstić information content (AvgIpc) is 3.31. The summed E-state index contributed by atoms with van der Waals surface area (Å²) in [5.74, 6) is 0.503. The van der Waals surface area contributed by atoms with Crippen LogP contribution in [0.5, 0.6) is 5.75 Å². The van der Waals surface area contributed by atoms with Crippen LogP contribution in [0.15, 0.2) is 48.5 Å². The Balaban J connectivity index is 1.48. The third-order valence-electron chi connectivity index (χ3n) is 5.44. The second-order valence-electron chi connectivity index (χ2n) is 7.90. The van der Waals surface area contributed by atoms with Gasteiger partial charge in [-0.15, -0.1) is 0 Å². The first-order valence-electron chi connectivity index (χ1n) is 10.4. The number of nitrogens with zero attached hydrogens (tertiary/aromatic N) is 2. The smallest absolute Gasteiger partial charge is 0.260 e. The molecule has 0 unspecified atom stereocenters. The third-order valence-corrected chi connectivity index (χ3v) is 5.83. The van der Waals surface area contributed by atoms with Crippen LogP contribution in [-0.4, -0.2) is 21.8 Å². The van der Waals surface area contributed by atoms with Gasteiger partial charge in [0.2, 0.25) is 0 Å². The summed E-state index contributed by atoms with van der Waals surface area (Å²) in [4.78, 5) is 12.9. The first kappa shape index (κ1) is 20.5. The molecule has 156 valence electrons. The van der Waals surface area contributed by atoms with E-state index in [0.29, 0.717) is 28.6 Å². The Kier molecular flexibility index (Phi) is 6.09. The number of ether oxygens (including phenoxy) is 1. The molecule has 2 aromatic carbocycles. The van der Waals surface area contributed by atoms with Crippen molar-refractivity contribution in [3.8, 4) is 5.75 Å². The van der Waals surface area contributed by atoms with Gasteiger partial charge in [0.15, 0.2) is 0 Å². The molecule has 1 N–H and O–H groups in total. The number of aryl methyl sites for hydroxylation is 2. The summed E-state index contributed by atoms with van der Waals surface area (Å²) >= 11 is 6.53. The van der Waals surface area contributed by atoms with Crippen molar-refractivity contribution in [2.45, 2.75) is 52.2 Å². The lowest BCUT2D eigenvalue weighted by Gasteiger charge is -2.14. The van der Waals surface area contributed by atoms with Gasteiger partial charge in [-0.3, -0.25) is 4.79 Å². The van der Waals surface area contributed by atoms with Gasteiger partial charge in [-0.1, -0.05) is 47.5 Å². The predicted molar refractivity (Wildman–Crippen MR) is 120 cm³/mol. The Morgan fingerprint density at radius 2 is 1.90 bits per heavy atom. The lowest BCUT2D eigenvalue weighted by atomic mass is 10.1. The zero-order valence-electron chi connectivity index (χ0n) is 17.3. The van der Waals surface area contributed by atoms with Gasteiger partial charge in [0.1, 0.15) is 10.9 Å². The summed E-state index contributed by atoms with van der Waals surface area (Å²) < 4.78 is 7.70. The molecule has 0 saturated heterocycles. The molecule has 1 aliphatic carbocycles. The number of amides is 1. The monoisotopic (exact) mass is 423 g/mol. The van der Waals surface area contributed by atoms with Crippen LogP contribution in [0.3, 0.4) is 0 Å². The van der Waals surface area contributed by atoms with E-state index in [0.717, 1.165) is 24.2 Å². The molecule has 0 atom stereocenters. The molecule has 0 aliphatic heterocycles. The highest BCUT2D eigenvalue weighted by molar-refractivity contribution is 6.33. The van der Waals surface area contributed by atoms with E-state index >= 15 is 0 Å². The van der Waals surface area contributed by atoms with Crippen LogP contribution in [0.25, 0.3) is 0 Å². The minimum absolute atomic E-state index is 0.271. The highest BCUT2D eigenvalue weighted by Gasteiger charge is 2.21. The lowest BCUT2D eigenvalue weighted by molar-refractivity contribution is 0.102. The maximum Gasteiger partial charge on any atom is 0.260 e. The molecule has 1 heterocycles. The number of carbonyl (C=O) groups is 1. The Morgan fingerprint density at radius 3 is 2.63 bits per heavy atom. The van der Waals surface area contributed by atoms with Crippen LogP contribution in [0, 0.1) is 13.8 Å². The molecule has 0 radical (unpaired) electrons. The number of carbonyl (C=O) groups excluding carboxylic acids is 1. The molecular formula is C24H26ClN3O2. The van der Waals surface area contributed by atoms with Crippen molar-refractivity contribution >= 4 is 23.2 Å². The molecule has 1 amide bonds. The van der Waals surface area contributed by atoms with Crippen LogP contribution in [0.1, 0.15) is 52.9 Å². The number of hydrogen-bond donors (Lipinski definition) is 1. The minimum atomic E-state index is -0.273. The molecule has 4 rings (SSSR count). The quantitative estimate of drug-likeness (QED) is 0.547. The Morgan fingerprint density at radius 1 is 1.17 bits per heavy atom. The topological polar surface area (TPSA) is 56.2 Å². The average molecular weight is 424 g/mol. The summed E-state index contributed by atoms with van der Waals surface area (Å²) in [6.07, 6.45) is 4.88. The van der Waals surface area contributed by atoms with Gasteiger partial charge in [-0.2, -0.15) is 5.10 Å². The van der Waals surface area contributed by atoms with Gasteiger partial charge < -0.3 is 10.1 Å². The molecule has 1 aliphatic rings. The maximum absolute atomic E-state index is 12.9. The standard InChI is InChI=1S/C24H26ClN3O2/c1-16-10-12-18(13-11-16)15-28-23(25)22(17(2)27-28)24(29)26-19-6-5-9-21(14-19)30-20-7-3-4-8-20/h5-6,9-14,20H,3-4,7-8,15H2,1-2H3,(H,26,29). The summed E-state index contributed by atoms with van der Waals surface area (Å²) in [6, 6.07) is 15.7. The third kappa shape index (κ3) is 4.68. The van der Waals surface area contributed by atoms with Crippen molar-refractivity contribution in [1.82, 2.24) is 9.78 Å². The van der Waals surface area contributed by atoms with Gasteiger partial charge in [0.25, 0.3) is 5.91 Å². The molecular weight excluding hydrogens is 398 g/mol. The molecule has 6 heteroatoms. The van der Waals surface area contributed by atoms with E-state index < -0.39 is 0 Å². The molecule has 0 bridgehead atoms. The van der Waals surface area contributed by atoms with E-state index in [2.05, 4.69) is 10.4 Å². The first-order valence-corrected chi connectivity index (χ1v) is 10.7. The fourth-order valence-electron chi connectivity index (χ4n) is 3.82. The summed E-state index contributed by atoms with van der Waals surface area (Å²) in [5.41, 5.74) is 3.94. The predicted octanol–water partition coefficient (Wildman–Crippen LogP) is 5.78.